The van der Waals surface area contributed by atoms with Gasteiger partial charge >= 0.3 is 0 Å². The summed E-state index contributed by atoms with van der Waals surface area (Å²) in [6, 6.07) is 8.88. The molecule has 0 radical (unpaired) electrons. The van der Waals surface area contributed by atoms with E-state index < -0.39 is 0 Å². The fourth-order valence-electron chi connectivity index (χ4n) is 2.78. The van der Waals surface area contributed by atoms with Crippen molar-refractivity contribution in [1.29, 1.82) is 0 Å². The molecule has 1 N–H and O–H groups in total. The standard InChI is InChI=1S/C17H15BrN4O3/c18-15-4-3-14(25-15)17(23)21-11-1-2-12-13(9-11)19-10-20-16(12)22-5-7-24-8-6-22/h1-4,9-10H,5-8H2,(H,21,23). The molecule has 25 heavy (non-hydrogen) atoms. The molecule has 0 bridgehead atoms. The van der Waals surface area contributed by atoms with E-state index in [4.69, 9.17) is 9.15 Å². The lowest BCUT2D eigenvalue weighted by Crippen LogP contribution is -2.36. The van der Waals surface area contributed by atoms with Gasteiger partial charge in [-0.3, -0.25) is 4.79 Å². The number of fused-ring (bicyclic) bond motifs is 1. The van der Waals surface area contributed by atoms with Crippen LogP contribution in [0, 0.1) is 0 Å². The third kappa shape index (κ3) is 3.35. The van der Waals surface area contributed by atoms with Crippen molar-refractivity contribution in [2.75, 3.05) is 36.5 Å². The zero-order chi connectivity index (χ0) is 17.2. The predicted octanol–water partition coefficient (Wildman–Crippen LogP) is 3.07. The van der Waals surface area contributed by atoms with Crippen LogP contribution in [0.25, 0.3) is 10.9 Å². The molecule has 0 aliphatic carbocycles. The van der Waals surface area contributed by atoms with Crippen LogP contribution in [0.15, 0.2) is 45.7 Å². The van der Waals surface area contributed by atoms with E-state index in [0.717, 1.165) is 29.8 Å². The zero-order valence-corrected chi connectivity index (χ0v) is 14.8. The van der Waals surface area contributed by atoms with E-state index in [-0.39, 0.29) is 11.7 Å². The lowest BCUT2D eigenvalue weighted by Gasteiger charge is -2.28. The first kappa shape index (κ1) is 16.0. The zero-order valence-electron chi connectivity index (χ0n) is 13.2. The number of aromatic nitrogens is 2. The number of hydrogen-bond acceptors (Lipinski definition) is 6. The molecular formula is C17H15BrN4O3. The molecule has 1 aliphatic heterocycles. The largest absolute Gasteiger partial charge is 0.444 e. The van der Waals surface area contributed by atoms with Crippen LogP contribution in [0.1, 0.15) is 10.6 Å². The molecule has 0 spiro atoms. The summed E-state index contributed by atoms with van der Waals surface area (Å²) < 4.78 is 11.2. The van der Waals surface area contributed by atoms with Gasteiger partial charge in [0.25, 0.3) is 5.91 Å². The molecule has 1 aliphatic rings. The van der Waals surface area contributed by atoms with Crippen molar-refractivity contribution in [3.8, 4) is 0 Å². The van der Waals surface area contributed by atoms with Crippen LogP contribution < -0.4 is 10.2 Å². The molecule has 0 unspecified atom stereocenters. The van der Waals surface area contributed by atoms with E-state index in [0.29, 0.717) is 23.6 Å². The molecule has 8 heteroatoms. The van der Waals surface area contributed by atoms with E-state index in [2.05, 4.69) is 36.1 Å². The SMILES string of the molecule is O=C(Nc1ccc2c(N3CCOCC3)ncnc2c1)c1ccc(Br)o1. The summed E-state index contributed by atoms with van der Waals surface area (Å²) in [5.41, 5.74) is 1.42. The average molecular weight is 403 g/mol. The van der Waals surface area contributed by atoms with Gasteiger partial charge in [-0.15, -0.1) is 0 Å². The summed E-state index contributed by atoms with van der Waals surface area (Å²) >= 11 is 3.19. The Labute approximate surface area is 152 Å². The number of benzene rings is 1. The van der Waals surface area contributed by atoms with Crippen molar-refractivity contribution in [2.45, 2.75) is 0 Å². The van der Waals surface area contributed by atoms with Crippen molar-refractivity contribution in [1.82, 2.24) is 9.97 Å². The highest BCUT2D eigenvalue weighted by Crippen LogP contribution is 2.26. The molecule has 128 valence electrons. The van der Waals surface area contributed by atoms with Gasteiger partial charge in [-0.2, -0.15) is 0 Å². The summed E-state index contributed by atoms with van der Waals surface area (Å²) in [5, 5.41) is 3.76. The highest BCUT2D eigenvalue weighted by Gasteiger charge is 2.16. The van der Waals surface area contributed by atoms with Gasteiger partial charge in [0.1, 0.15) is 12.1 Å². The number of furan rings is 1. The maximum absolute atomic E-state index is 12.2. The second-order valence-electron chi connectivity index (χ2n) is 5.59. The molecule has 0 atom stereocenters. The third-order valence-electron chi connectivity index (χ3n) is 3.98. The van der Waals surface area contributed by atoms with Gasteiger partial charge in [0.15, 0.2) is 10.4 Å². The number of halogens is 1. The molecule has 3 heterocycles. The lowest BCUT2D eigenvalue weighted by atomic mass is 10.2. The number of ether oxygens (including phenoxy) is 1. The van der Waals surface area contributed by atoms with E-state index in [9.17, 15) is 4.79 Å². The summed E-state index contributed by atoms with van der Waals surface area (Å²) in [6.45, 7) is 2.99. The summed E-state index contributed by atoms with van der Waals surface area (Å²) in [5.74, 6) is 0.817. The first-order valence-corrected chi connectivity index (χ1v) is 8.64. The average Bonchev–Trinajstić information content (AvgIpc) is 3.08. The van der Waals surface area contributed by atoms with Gasteiger partial charge in [0.05, 0.1) is 18.7 Å². The number of rotatable bonds is 3. The van der Waals surface area contributed by atoms with Gasteiger partial charge in [0, 0.05) is 24.2 Å². The molecular weight excluding hydrogens is 388 g/mol. The quantitative estimate of drug-likeness (QED) is 0.724. The normalized spacial score (nSPS) is 14.7. The molecule has 4 rings (SSSR count). The van der Waals surface area contributed by atoms with E-state index >= 15 is 0 Å². The number of amides is 1. The van der Waals surface area contributed by atoms with Gasteiger partial charge < -0.3 is 19.4 Å². The summed E-state index contributed by atoms with van der Waals surface area (Å²) in [6.07, 6.45) is 1.54. The summed E-state index contributed by atoms with van der Waals surface area (Å²) in [7, 11) is 0. The number of nitrogens with zero attached hydrogens (tertiary/aromatic N) is 3. The number of nitrogens with one attached hydrogen (secondary N) is 1. The van der Waals surface area contributed by atoms with E-state index in [1.54, 1.807) is 18.5 Å². The number of carbonyl (C=O) groups excluding carboxylic acids is 1. The Hall–Kier alpha value is -2.45. The Kier molecular flexibility index (Phi) is 4.37. The van der Waals surface area contributed by atoms with Crippen molar-refractivity contribution in [3.63, 3.8) is 0 Å². The number of morpholine rings is 1. The number of anilines is 2. The molecule has 1 fully saturated rings. The monoisotopic (exact) mass is 402 g/mol. The Morgan fingerprint density at radius 2 is 2.00 bits per heavy atom. The second-order valence-corrected chi connectivity index (χ2v) is 6.37. The maximum Gasteiger partial charge on any atom is 0.291 e. The van der Waals surface area contributed by atoms with Gasteiger partial charge in [0.2, 0.25) is 0 Å². The van der Waals surface area contributed by atoms with Crippen LogP contribution in [0.4, 0.5) is 11.5 Å². The summed E-state index contributed by atoms with van der Waals surface area (Å²) in [4.78, 5) is 23.1. The minimum Gasteiger partial charge on any atom is -0.444 e. The fraction of sp³-hybridized carbons (Fsp3) is 0.235. The van der Waals surface area contributed by atoms with Crippen LogP contribution in [0.5, 0.6) is 0 Å². The fourth-order valence-corrected chi connectivity index (χ4v) is 3.08. The van der Waals surface area contributed by atoms with Crippen LogP contribution in [-0.2, 0) is 4.74 Å². The van der Waals surface area contributed by atoms with Crippen molar-refractivity contribution < 1.29 is 13.9 Å². The van der Waals surface area contributed by atoms with Crippen molar-refractivity contribution in [2.24, 2.45) is 0 Å². The second kappa shape index (κ2) is 6.81. The predicted molar refractivity (Wildman–Crippen MR) is 96.9 cm³/mol. The van der Waals surface area contributed by atoms with Crippen LogP contribution >= 0.6 is 15.9 Å². The molecule has 1 amide bonds. The van der Waals surface area contributed by atoms with Crippen molar-refractivity contribution >= 4 is 44.2 Å². The third-order valence-corrected chi connectivity index (χ3v) is 4.41. The Balaban J connectivity index is 1.61. The smallest absolute Gasteiger partial charge is 0.291 e. The Morgan fingerprint density at radius 3 is 2.76 bits per heavy atom. The van der Waals surface area contributed by atoms with Crippen LogP contribution in [-0.4, -0.2) is 42.2 Å². The Bertz CT molecular complexity index is 921. The van der Waals surface area contributed by atoms with Crippen molar-refractivity contribution in [3.05, 3.63) is 47.1 Å². The Morgan fingerprint density at radius 1 is 1.16 bits per heavy atom. The topological polar surface area (TPSA) is 80.5 Å². The highest BCUT2D eigenvalue weighted by atomic mass is 79.9. The molecule has 3 aromatic rings. The van der Waals surface area contributed by atoms with Gasteiger partial charge in [-0.05, 0) is 46.3 Å². The molecule has 2 aromatic heterocycles. The van der Waals surface area contributed by atoms with E-state index in [1.807, 2.05) is 18.2 Å². The maximum atomic E-state index is 12.2. The first-order chi connectivity index (χ1) is 12.2. The highest BCUT2D eigenvalue weighted by molar-refractivity contribution is 9.10. The molecule has 0 saturated carbocycles. The lowest BCUT2D eigenvalue weighted by molar-refractivity contribution is 0.0995. The number of hydrogen-bond donors (Lipinski definition) is 1. The first-order valence-electron chi connectivity index (χ1n) is 7.85. The minimum atomic E-state index is -0.312. The van der Waals surface area contributed by atoms with Gasteiger partial charge in [-0.25, -0.2) is 9.97 Å². The molecule has 1 saturated heterocycles. The molecule has 7 nitrogen and oxygen atoms in total. The minimum absolute atomic E-state index is 0.240. The van der Waals surface area contributed by atoms with Crippen LogP contribution in [0.3, 0.4) is 0 Å². The van der Waals surface area contributed by atoms with Gasteiger partial charge in [-0.1, -0.05) is 0 Å². The number of carbonyl (C=O) groups is 1. The molecule has 1 aromatic carbocycles. The van der Waals surface area contributed by atoms with E-state index in [1.165, 1.54) is 0 Å². The van der Waals surface area contributed by atoms with Crippen LogP contribution in [0.2, 0.25) is 0 Å².